The highest BCUT2D eigenvalue weighted by Crippen LogP contribution is 2.41. The van der Waals surface area contributed by atoms with Crippen LogP contribution in [-0.4, -0.2) is 37.6 Å². The first-order chi connectivity index (χ1) is 16.0. The number of hydrogen-bond acceptors (Lipinski definition) is 2. The molecule has 1 fully saturated rings. The Morgan fingerprint density at radius 1 is 0.909 bits per heavy atom. The first kappa shape index (κ1) is 26.0. The van der Waals surface area contributed by atoms with E-state index in [0.717, 1.165) is 50.9 Å². The summed E-state index contributed by atoms with van der Waals surface area (Å²) in [5, 5.41) is 3.89. The van der Waals surface area contributed by atoms with E-state index in [1.165, 1.54) is 55.3 Å². The number of benzene rings is 2. The maximum Gasteiger partial charge on any atom is 0.0107 e. The van der Waals surface area contributed by atoms with Crippen LogP contribution in [0, 0.1) is 11.8 Å². The molecule has 0 radical (unpaired) electrons. The van der Waals surface area contributed by atoms with Crippen LogP contribution in [0.1, 0.15) is 76.5 Å². The second-order valence-electron chi connectivity index (χ2n) is 10.9. The van der Waals surface area contributed by atoms with Crippen molar-refractivity contribution < 1.29 is 0 Å². The second-order valence-corrected chi connectivity index (χ2v) is 10.9. The maximum absolute atomic E-state index is 3.89. The van der Waals surface area contributed by atoms with Crippen molar-refractivity contribution in [3.63, 3.8) is 0 Å². The third-order valence-electron chi connectivity index (χ3n) is 7.96. The number of aryl methyl sites for hydroxylation is 1. The van der Waals surface area contributed by atoms with E-state index in [2.05, 4.69) is 92.5 Å². The summed E-state index contributed by atoms with van der Waals surface area (Å²) >= 11 is 0. The van der Waals surface area contributed by atoms with Crippen LogP contribution in [0.4, 0.5) is 0 Å². The zero-order chi connectivity index (χ0) is 23.5. The van der Waals surface area contributed by atoms with Crippen LogP contribution in [-0.2, 0) is 18.3 Å². The van der Waals surface area contributed by atoms with Gasteiger partial charge in [-0.1, -0.05) is 95.1 Å². The Morgan fingerprint density at radius 3 is 2.21 bits per heavy atom. The molecule has 2 nitrogen and oxygen atoms in total. The summed E-state index contributed by atoms with van der Waals surface area (Å²) in [6.07, 6.45) is 9.10. The van der Waals surface area contributed by atoms with Crippen molar-refractivity contribution in [3.05, 3.63) is 71.3 Å². The fraction of sp³-hybridized carbons (Fsp3) is 0.613. The van der Waals surface area contributed by atoms with Crippen LogP contribution in [0.15, 0.2) is 54.6 Å². The van der Waals surface area contributed by atoms with Crippen molar-refractivity contribution in [1.82, 2.24) is 10.2 Å². The minimum atomic E-state index is 0.238. The van der Waals surface area contributed by atoms with E-state index in [1.54, 1.807) is 0 Å². The van der Waals surface area contributed by atoms with E-state index in [4.69, 9.17) is 0 Å². The highest BCUT2D eigenvalue weighted by atomic mass is 15.1. The average molecular weight is 449 g/mol. The van der Waals surface area contributed by atoms with Crippen LogP contribution in [0.2, 0.25) is 0 Å². The predicted molar refractivity (Wildman–Crippen MR) is 144 cm³/mol. The lowest BCUT2D eigenvalue weighted by Crippen LogP contribution is -2.43. The molecule has 1 N–H and O–H groups in total. The molecule has 3 rings (SSSR count). The van der Waals surface area contributed by atoms with Gasteiger partial charge in [0.25, 0.3) is 0 Å². The first-order valence-electron chi connectivity index (χ1n) is 13.6. The van der Waals surface area contributed by atoms with Crippen molar-refractivity contribution in [2.24, 2.45) is 11.8 Å². The maximum atomic E-state index is 3.89. The quantitative estimate of drug-likeness (QED) is 0.317. The van der Waals surface area contributed by atoms with Crippen molar-refractivity contribution in [2.45, 2.75) is 78.1 Å². The van der Waals surface area contributed by atoms with Crippen LogP contribution in [0.3, 0.4) is 0 Å². The molecule has 1 aliphatic rings. The number of nitrogens with one attached hydrogen (secondary N) is 1. The van der Waals surface area contributed by atoms with Gasteiger partial charge < -0.3 is 10.2 Å². The molecule has 0 saturated heterocycles. The molecule has 0 spiro atoms. The Kier molecular flexibility index (Phi) is 10.5. The predicted octanol–water partition coefficient (Wildman–Crippen LogP) is 6.88. The third kappa shape index (κ3) is 7.97. The summed E-state index contributed by atoms with van der Waals surface area (Å²) in [4.78, 5) is 2.68. The van der Waals surface area contributed by atoms with Gasteiger partial charge in [-0.2, -0.15) is 0 Å². The number of hydrogen-bond donors (Lipinski definition) is 1. The summed E-state index contributed by atoms with van der Waals surface area (Å²) in [6, 6.07) is 20.5. The lowest BCUT2D eigenvalue weighted by Gasteiger charge is -2.37. The molecule has 2 aromatic carbocycles. The van der Waals surface area contributed by atoms with Crippen LogP contribution < -0.4 is 5.32 Å². The molecule has 1 saturated carbocycles. The summed E-state index contributed by atoms with van der Waals surface area (Å²) in [6.45, 7) is 15.0. The fourth-order valence-electron chi connectivity index (χ4n) is 5.45. The minimum Gasteiger partial charge on any atom is -0.315 e. The Morgan fingerprint density at radius 2 is 1.58 bits per heavy atom. The van der Waals surface area contributed by atoms with Crippen LogP contribution in [0.25, 0.3) is 0 Å². The SMILES string of the molecule is CCc1ccc(CCN(CCNCC(C)(c2ccccc2)C2CCCC2)CCC(C)C)cc1. The zero-order valence-corrected chi connectivity index (χ0v) is 21.8. The lowest BCUT2D eigenvalue weighted by molar-refractivity contribution is 0.244. The summed E-state index contributed by atoms with van der Waals surface area (Å²) in [5.41, 5.74) is 4.65. The van der Waals surface area contributed by atoms with E-state index in [9.17, 15) is 0 Å². The Balaban J connectivity index is 1.53. The molecular formula is C31H48N2. The molecule has 182 valence electrons. The van der Waals surface area contributed by atoms with Gasteiger partial charge in [-0.25, -0.2) is 0 Å². The van der Waals surface area contributed by atoms with Gasteiger partial charge in [0.15, 0.2) is 0 Å². The normalized spacial score (nSPS) is 16.5. The van der Waals surface area contributed by atoms with Gasteiger partial charge >= 0.3 is 0 Å². The lowest BCUT2D eigenvalue weighted by atomic mass is 9.71. The topological polar surface area (TPSA) is 15.3 Å². The van der Waals surface area contributed by atoms with Gasteiger partial charge in [0.1, 0.15) is 0 Å². The fourth-order valence-corrected chi connectivity index (χ4v) is 5.45. The summed E-state index contributed by atoms with van der Waals surface area (Å²) < 4.78 is 0. The summed E-state index contributed by atoms with van der Waals surface area (Å²) in [7, 11) is 0. The zero-order valence-electron chi connectivity index (χ0n) is 21.8. The van der Waals surface area contributed by atoms with E-state index < -0.39 is 0 Å². The van der Waals surface area contributed by atoms with E-state index >= 15 is 0 Å². The van der Waals surface area contributed by atoms with Gasteiger partial charge in [0, 0.05) is 31.6 Å². The van der Waals surface area contributed by atoms with Crippen LogP contribution in [0.5, 0.6) is 0 Å². The minimum absolute atomic E-state index is 0.238. The van der Waals surface area contributed by atoms with E-state index in [0.29, 0.717) is 0 Å². The monoisotopic (exact) mass is 448 g/mol. The highest BCUT2D eigenvalue weighted by Gasteiger charge is 2.37. The van der Waals surface area contributed by atoms with Gasteiger partial charge in [0.05, 0.1) is 0 Å². The molecule has 0 aliphatic heterocycles. The molecule has 1 atom stereocenters. The Labute approximate surface area is 204 Å². The molecule has 1 aliphatic carbocycles. The molecule has 0 aromatic heterocycles. The molecular weight excluding hydrogens is 400 g/mol. The van der Waals surface area contributed by atoms with Crippen LogP contribution >= 0.6 is 0 Å². The molecule has 0 bridgehead atoms. The molecule has 2 aromatic rings. The number of nitrogens with zero attached hydrogens (tertiary/aromatic N) is 1. The average Bonchev–Trinajstić information content (AvgIpc) is 3.39. The highest BCUT2D eigenvalue weighted by molar-refractivity contribution is 5.27. The van der Waals surface area contributed by atoms with Crippen molar-refractivity contribution >= 4 is 0 Å². The molecule has 0 amide bonds. The smallest absolute Gasteiger partial charge is 0.0107 e. The third-order valence-corrected chi connectivity index (χ3v) is 7.96. The number of rotatable bonds is 14. The standard InChI is InChI=1S/C31H48N2/c1-5-27-15-17-28(18-16-27)20-23-33(22-19-26(2)3)24-21-32-25-31(4,30-13-9-10-14-30)29-11-7-6-8-12-29/h6-8,11-12,15-18,26,30,32H,5,9-10,13-14,19-25H2,1-4H3. The van der Waals surface area contributed by atoms with Gasteiger partial charge in [-0.15, -0.1) is 0 Å². The molecule has 0 heterocycles. The largest absolute Gasteiger partial charge is 0.315 e. The first-order valence-corrected chi connectivity index (χ1v) is 13.6. The van der Waals surface area contributed by atoms with Crippen molar-refractivity contribution in [3.8, 4) is 0 Å². The molecule has 2 heteroatoms. The Hall–Kier alpha value is -1.64. The van der Waals surface area contributed by atoms with E-state index in [1.807, 2.05) is 0 Å². The molecule has 1 unspecified atom stereocenters. The summed E-state index contributed by atoms with van der Waals surface area (Å²) in [5.74, 6) is 1.56. The Bertz CT molecular complexity index is 776. The van der Waals surface area contributed by atoms with Gasteiger partial charge in [0.2, 0.25) is 0 Å². The van der Waals surface area contributed by atoms with E-state index in [-0.39, 0.29) is 5.41 Å². The van der Waals surface area contributed by atoms with Crippen molar-refractivity contribution in [2.75, 3.05) is 32.7 Å². The second kappa shape index (κ2) is 13.3. The molecule has 33 heavy (non-hydrogen) atoms. The van der Waals surface area contributed by atoms with Gasteiger partial charge in [-0.3, -0.25) is 0 Å². The van der Waals surface area contributed by atoms with Crippen molar-refractivity contribution in [1.29, 1.82) is 0 Å². The van der Waals surface area contributed by atoms with Gasteiger partial charge in [-0.05, 0) is 67.2 Å².